The van der Waals surface area contributed by atoms with E-state index in [2.05, 4.69) is 5.32 Å². The minimum absolute atomic E-state index is 0.0948. The maximum absolute atomic E-state index is 10.2. The Morgan fingerprint density at radius 2 is 1.91 bits per heavy atom. The first-order valence-corrected chi connectivity index (χ1v) is 3.08. The number of rotatable bonds is 2. The normalized spacial score (nSPS) is 9.18. The molecule has 0 spiro atoms. The molecule has 1 rings (SSSR count). The number of nitro groups is 1. The smallest absolute Gasteiger partial charge is 0.269 e. The van der Waals surface area contributed by atoms with Crippen molar-refractivity contribution in [1.29, 1.82) is 0 Å². The topological polar surface area (TPSA) is 57.2 Å². The maximum atomic E-state index is 10.2. The number of nitro benzene ring substituents is 1. The third-order valence-electron chi connectivity index (χ3n) is 1.32. The first kappa shape index (κ1) is 7.53. The van der Waals surface area contributed by atoms with Crippen molar-refractivity contribution in [1.82, 2.24) is 0 Å². The van der Waals surface area contributed by atoms with Crippen molar-refractivity contribution in [3.05, 3.63) is 39.7 Å². The van der Waals surface area contributed by atoms with Crippen LogP contribution in [0.3, 0.4) is 0 Å². The molecule has 4 nitrogen and oxygen atoms in total. The molecule has 1 aromatic rings. The van der Waals surface area contributed by atoms with E-state index in [0.717, 1.165) is 5.69 Å². The average molecular weight is 151 g/mol. The van der Waals surface area contributed by atoms with Gasteiger partial charge in [0.1, 0.15) is 0 Å². The fourth-order valence-electron chi connectivity index (χ4n) is 0.723. The second-order valence-corrected chi connectivity index (χ2v) is 2.00. The highest BCUT2D eigenvalue weighted by Crippen LogP contribution is 2.19. The van der Waals surface area contributed by atoms with Crippen molar-refractivity contribution in [2.24, 2.45) is 0 Å². The van der Waals surface area contributed by atoms with E-state index in [4.69, 9.17) is 0 Å². The summed E-state index contributed by atoms with van der Waals surface area (Å²) < 4.78 is 0. The predicted molar refractivity (Wildman–Crippen MR) is 42.0 cm³/mol. The molecule has 0 bridgehead atoms. The van der Waals surface area contributed by atoms with Gasteiger partial charge in [0.15, 0.2) is 0 Å². The quantitative estimate of drug-likeness (QED) is 0.480. The molecule has 0 aliphatic rings. The molecule has 0 unspecified atom stereocenters. The van der Waals surface area contributed by atoms with Crippen molar-refractivity contribution in [3.8, 4) is 0 Å². The Kier molecular flexibility index (Phi) is 2.06. The Bertz CT molecular complexity index is 256. The summed E-state index contributed by atoms with van der Waals surface area (Å²) in [6.45, 7) is 0. The lowest BCUT2D eigenvalue weighted by Gasteiger charge is -2.11. The molecule has 0 fully saturated rings. The lowest BCUT2D eigenvalue weighted by Crippen LogP contribution is -1.85. The van der Waals surface area contributed by atoms with Gasteiger partial charge in [0.05, 0.1) is 4.92 Å². The van der Waals surface area contributed by atoms with Crippen LogP contribution >= 0.6 is 0 Å². The van der Waals surface area contributed by atoms with E-state index in [9.17, 15) is 10.1 Å². The highest BCUT2D eigenvalue weighted by Gasteiger charge is 1.99. The Morgan fingerprint density at radius 1 is 1.36 bits per heavy atom. The first-order chi connectivity index (χ1) is 5.24. The Balaban J connectivity index is 2.91. The summed E-state index contributed by atoms with van der Waals surface area (Å²) in [5.41, 5.74) is 0.841. The molecule has 0 N–H and O–H groups in total. The van der Waals surface area contributed by atoms with Gasteiger partial charge in [-0.1, -0.05) is 12.1 Å². The summed E-state index contributed by atoms with van der Waals surface area (Å²) in [5.74, 6) is 0. The second kappa shape index (κ2) is 3.01. The van der Waals surface area contributed by atoms with Gasteiger partial charge in [-0.15, -0.1) is 12.7 Å². The van der Waals surface area contributed by atoms with E-state index in [0.29, 0.717) is 0 Å². The van der Waals surface area contributed by atoms with Crippen LogP contribution < -0.4 is 0 Å². The minimum Gasteiger partial charge on any atom is -0.687 e. The van der Waals surface area contributed by atoms with E-state index in [1.54, 1.807) is 19.2 Å². The van der Waals surface area contributed by atoms with Gasteiger partial charge >= 0.3 is 0 Å². The standard InChI is InChI=1S/C7H7N2O2/c1-8-6-2-4-7(5-3-6)9(10)11/h2-5H,1H3/q-1. The summed E-state index contributed by atoms with van der Waals surface area (Å²) >= 11 is 0. The number of hydrogen-bond donors (Lipinski definition) is 0. The van der Waals surface area contributed by atoms with E-state index >= 15 is 0 Å². The Morgan fingerprint density at radius 3 is 2.27 bits per heavy atom. The minimum atomic E-state index is -0.431. The largest absolute Gasteiger partial charge is 0.687 e. The zero-order valence-electron chi connectivity index (χ0n) is 6.02. The molecule has 0 aromatic heterocycles. The van der Waals surface area contributed by atoms with Gasteiger partial charge in [-0.3, -0.25) is 10.1 Å². The molecule has 0 aliphatic carbocycles. The van der Waals surface area contributed by atoms with Gasteiger partial charge < -0.3 is 5.32 Å². The fourth-order valence-corrected chi connectivity index (χ4v) is 0.723. The van der Waals surface area contributed by atoms with Crippen molar-refractivity contribution < 1.29 is 4.92 Å². The van der Waals surface area contributed by atoms with Gasteiger partial charge in [-0.05, 0) is 0 Å². The van der Waals surface area contributed by atoms with Gasteiger partial charge in [0, 0.05) is 12.1 Å². The molecular weight excluding hydrogens is 144 g/mol. The molecular formula is C7H7N2O2-. The van der Waals surface area contributed by atoms with Crippen LogP contribution in [-0.4, -0.2) is 12.0 Å². The molecule has 4 heteroatoms. The molecule has 0 aliphatic heterocycles. The average Bonchev–Trinajstić information content (AvgIpc) is 2.05. The van der Waals surface area contributed by atoms with Gasteiger partial charge in [0.2, 0.25) is 0 Å². The highest BCUT2D eigenvalue weighted by molar-refractivity contribution is 5.51. The molecule has 0 heterocycles. The molecule has 1 aromatic carbocycles. The predicted octanol–water partition coefficient (Wildman–Crippen LogP) is 2.23. The van der Waals surface area contributed by atoms with E-state index in [1.165, 1.54) is 12.1 Å². The van der Waals surface area contributed by atoms with E-state index in [1.807, 2.05) is 0 Å². The molecule has 0 saturated carbocycles. The summed E-state index contributed by atoms with van der Waals surface area (Å²) in [5, 5.41) is 14.0. The number of hydrogen-bond acceptors (Lipinski definition) is 2. The van der Waals surface area contributed by atoms with Crippen LogP contribution in [0.25, 0.3) is 5.32 Å². The van der Waals surface area contributed by atoms with Crippen LogP contribution in [-0.2, 0) is 0 Å². The van der Waals surface area contributed by atoms with Gasteiger partial charge in [-0.2, -0.15) is 0 Å². The summed E-state index contributed by atoms with van der Waals surface area (Å²) in [4.78, 5) is 9.74. The highest BCUT2D eigenvalue weighted by atomic mass is 16.6. The van der Waals surface area contributed by atoms with Crippen LogP contribution in [0.1, 0.15) is 0 Å². The Labute approximate surface area is 64.0 Å². The number of benzene rings is 1. The molecule has 58 valence electrons. The zero-order chi connectivity index (χ0) is 8.27. The van der Waals surface area contributed by atoms with E-state index < -0.39 is 4.92 Å². The molecule has 0 atom stereocenters. The van der Waals surface area contributed by atoms with Gasteiger partial charge in [0.25, 0.3) is 5.69 Å². The SMILES string of the molecule is C[N-]c1ccc([N+](=O)[O-])cc1. The zero-order valence-corrected chi connectivity index (χ0v) is 6.02. The van der Waals surface area contributed by atoms with Crippen molar-refractivity contribution >= 4 is 11.4 Å². The van der Waals surface area contributed by atoms with E-state index in [-0.39, 0.29) is 5.69 Å². The second-order valence-electron chi connectivity index (χ2n) is 2.00. The number of non-ortho nitro benzene ring substituents is 1. The molecule has 0 saturated heterocycles. The molecule has 0 amide bonds. The van der Waals surface area contributed by atoms with Crippen molar-refractivity contribution in [2.75, 3.05) is 7.05 Å². The molecule has 0 radical (unpaired) electrons. The van der Waals surface area contributed by atoms with Crippen molar-refractivity contribution in [3.63, 3.8) is 0 Å². The maximum Gasteiger partial charge on any atom is 0.269 e. The van der Waals surface area contributed by atoms with Crippen LogP contribution in [0.15, 0.2) is 24.3 Å². The lowest BCUT2D eigenvalue weighted by atomic mass is 10.3. The summed E-state index contributed by atoms with van der Waals surface area (Å²) in [7, 11) is 1.64. The summed E-state index contributed by atoms with van der Waals surface area (Å²) in [6.07, 6.45) is 0. The third-order valence-corrected chi connectivity index (χ3v) is 1.32. The van der Waals surface area contributed by atoms with Crippen LogP contribution in [0.4, 0.5) is 11.4 Å². The molecule has 11 heavy (non-hydrogen) atoms. The lowest BCUT2D eigenvalue weighted by molar-refractivity contribution is -0.384. The van der Waals surface area contributed by atoms with Crippen LogP contribution in [0.2, 0.25) is 0 Å². The monoisotopic (exact) mass is 151 g/mol. The summed E-state index contributed by atoms with van der Waals surface area (Å²) in [6, 6.07) is 6.08. The third kappa shape index (κ3) is 1.67. The van der Waals surface area contributed by atoms with Crippen LogP contribution in [0, 0.1) is 10.1 Å². The number of nitrogens with zero attached hydrogens (tertiary/aromatic N) is 2. The first-order valence-electron chi connectivity index (χ1n) is 3.08. The van der Waals surface area contributed by atoms with Crippen LogP contribution in [0.5, 0.6) is 0 Å². The Hall–Kier alpha value is -1.58. The van der Waals surface area contributed by atoms with Crippen molar-refractivity contribution in [2.45, 2.75) is 0 Å². The fraction of sp³-hybridized carbons (Fsp3) is 0.143. The van der Waals surface area contributed by atoms with Gasteiger partial charge in [-0.25, -0.2) is 0 Å².